The number of nitrogens with zero attached hydrogens (tertiary/aromatic N) is 1. The van der Waals surface area contributed by atoms with Gasteiger partial charge in [0.2, 0.25) is 0 Å². The number of carbonyl (C=O) groups is 1. The predicted octanol–water partition coefficient (Wildman–Crippen LogP) is 0.817. The minimum absolute atomic E-state index is 0.174. The largest absolute Gasteiger partial charge is 0.352 e. The molecule has 0 saturated heterocycles. The maximum absolute atomic E-state index is 13.7. The van der Waals surface area contributed by atoms with Crippen LogP contribution in [0.15, 0.2) is 18.2 Å². The molecule has 0 spiro atoms. The van der Waals surface area contributed by atoms with Crippen molar-refractivity contribution in [1.82, 2.24) is 10.2 Å². The highest BCUT2D eigenvalue weighted by molar-refractivity contribution is 5.94. The maximum atomic E-state index is 13.7. The number of benzene rings is 1. The summed E-state index contributed by atoms with van der Waals surface area (Å²) in [6.07, 6.45) is 0.848. The lowest BCUT2D eigenvalue weighted by Gasteiger charge is -2.10. The number of nitrogens with two attached hydrogens (primary N) is 1. The number of amides is 1. The molecule has 5 heteroatoms. The fourth-order valence-corrected chi connectivity index (χ4v) is 1.60. The highest BCUT2D eigenvalue weighted by Gasteiger charge is 2.08. The zero-order valence-corrected chi connectivity index (χ0v) is 11.9. The highest BCUT2D eigenvalue weighted by atomic mass is 19.1. The fourth-order valence-electron chi connectivity index (χ4n) is 1.60. The van der Waals surface area contributed by atoms with Crippen molar-refractivity contribution in [1.29, 1.82) is 0 Å². The van der Waals surface area contributed by atoms with E-state index in [1.165, 1.54) is 12.1 Å². The van der Waals surface area contributed by atoms with Gasteiger partial charge in [-0.25, -0.2) is 4.39 Å². The van der Waals surface area contributed by atoms with Gasteiger partial charge in [0.15, 0.2) is 0 Å². The average Bonchev–Trinajstić information content (AvgIpc) is 2.41. The van der Waals surface area contributed by atoms with Gasteiger partial charge in [0.1, 0.15) is 5.82 Å². The van der Waals surface area contributed by atoms with Crippen LogP contribution in [0.3, 0.4) is 0 Å². The molecule has 1 amide bonds. The van der Waals surface area contributed by atoms with Crippen molar-refractivity contribution in [3.8, 4) is 11.8 Å². The van der Waals surface area contributed by atoms with Gasteiger partial charge in [-0.2, -0.15) is 0 Å². The van der Waals surface area contributed by atoms with Crippen LogP contribution in [0.1, 0.15) is 22.3 Å². The summed E-state index contributed by atoms with van der Waals surface area (Å²) in [6, 6.07) is 4.25. The van der Waals surface area contributed by atoms with Crippen molar-refractivity contribution in [2.75, 3.05) is 33.7 Å². The van der Waals surface area contributed by atoms with Crippen LogP contribution < -0.4 is 11.1 Å². The normalized spacial score (nSPS) is 10.1. The molecule has 0 aromatic heterocycles. The molecule has 4 nitrogen and oxygen atoms in total. The first-order valence-electron chi connectivity index (χ1n) is 6.46. The van der Waals surface area contributed by atoms with Gasteiger partial charge in [-0.1, -0.05) is 11.8 Å². The van der Waals surface area contributed by atoms with Gasteiger partial charge in [0.05, 0.1) is 12.1 Å². The van der Waals surface area contributed by atoms with Gasteiger partial charge >= 0.3 is 0 Å². The van der Waals surface area contributed by atoms with Crippen molar-refractivity contribution >= 4 is 5.91 Å². The molecule has 0 unspecified atom stereocenters. The smallest absolute Gasteiger partial charge is 0.251 e. The van der Waals surface area contributed by atoms with Gasteiger partial charge in [-0.05, 0) is 45.3 Å². The molecule has 1 aromatic carbocycles. The second kappa shape index (κ2) is 8.31. The first-order chi connectivity index (χ1) is 9.54. The van der Waals surface area contributed by atoms with Gasteiger partial charge in [-0.3, -0.25) is 4.79 Å². The first kappa shape index (κ1) is 16.2. The fraction of sp³-hybridized carbons (Fsp3) is 0.400. The molecule has 0 saturated carbocycles. The third-order valence-corrected chi connectivity index (χ3v) is 2.62. The van der Waals surface area contributed by atoms with Crippen LogP contribution in [-0.4, -0.2) is 44.5 Å². The Labute approximate surface area is 119 Å². The zero-order valence-electron chi connectivity index (χ0n) is 11.9. The van der Waals surface area contributed by atoms with E-state index in [1.54, 1.807) is 6.07 Å². The molecule has 0 aliphatic heterocycles. The summed E-state index contributed by atoms with van der Waals surface area (Å²) in [7, 11) is 3.94. The first-order valence-corrected chi connectivity index (χ1v) is 6.46. The Morgan fingerprint density at radius 1 is 1.45 bits per heavy atom. The lowest BCUT2D eigenvalue weighted by atomic mass is 10.1. The number of rotatable bonds is 5. The van der Waals surface area contributed by atoms with Crippen LogP contribution in [0.2, 0.25) is 0 Å². The molecule has 0 bridgehead atoms. The van der Waals surface area contributed by atoms with Crippen molar-refractivity contribution in [2.45, 2.75) is 6.42 Å². The van der Waals surface area contributed by atoms with Crippen molar-refractivity contribution in [2.24, 2.45) is 5.73 Å². The summed E-state index contributed by atoms with van der Waals surface area (Å²) in [5.74, 6) is 4.41. The molecule has 1 aromatic rings. The third kappa shape index (κ3) is 5.39. The second-order valence-electron chi connectivity index (χ2n) is 4.61. The van der Waals surface area contributed by atoms with Crippen LogP contribution in [0.4, 0.5) is 4.39 Å². The van der Waals surface area contributed by atoms with Crippen LogP contribution in [0.5, 0.6) is 0 Å². The summed E-state index contributed by atoms with van der Waals surface area (Å²) in [5, 5.41) is 2.76. The topological polar surface area (TPSA) is 58.4 Å². The van der Waals surface area contributed by atoms with Crippen LogP contribution in [0, 0.1) is 17.7 Å². The summed E-state index contributed by atoms with van der Waals surface area (Å²) in [5.41, 5.74) is 5.78. The van der Waals surface area contributed by atoms with Gasteiger partial charge in [0.25, 0.3) is 5.91 Å². The Morgan fingerprint density at radius 2 is 2.20 bits per heavy atom. The number of carbonyl (C=O) groups excluding carboxylic acids is 1. The number of hydrogen-bond donors (Lipinski definition) is 2. The highest BCUT2D eigenvalue weighted by Crippen LogP contribution is 2.09. The van der Waals surface area contributed by atoms with Gasteiger partial charge in [-0.15, -0.1) is 0 Å². The van der Waals surface area contributed by atoms with E-state index in [0.717, 1.165) is 13.0 Å². The van der Waals surface area contributed by atoms with E-state index in [-0.39, 0.29) is 18.0 Å². The second-order valence-corrected chi connectivity index (χ2v) is 4.61. The van der Waals surface area contributed by atoms with E-state index in [1.807, 2.05) is 19.0 Å². The Kier molecular flexibility index (Phi) is 6.71. The molecule has 0 radical (unpaired) electrons. The maximum Gasteiger partial charge on any atom is 0.251 e. The standard InChI is InChI=1S/C15H20FN3O/c1-19(2)10-4-9-18-15(20)13-7-6-12(5-3-8-17)14(16)11-13/h6-7,11H,4,8-10,17H2,1-2H3,(H,18,20). The average molecular weight is 277 g/mol. The molecule has 20 heavy (non-hydrogen) atoms. The Bertz CT molecular complexity index is 518. The molecule has 0 atom stereocenters. The van der Waals surface area contributed by atoms with E-state index >= 15 is 0 Å². The van der Waals surface area contributed by atoms with Crippen LogP contribution >= 0.6 is 0 Å². The van der Waals surface area contributed by atoms with Crippen molar-refractivity contribution < 1.29 is 9.18 Å². The summed E-state index contributed by atoms with van der Waals surface area (Å²) < 4.78 is 13.7. The SMILES string of the molecule is CN(C)CCCNC(=O)c1ccc(C#CCN)c(F)c1. The number of halogens is 1. The quantitative estimate of drug-likeness (QED) is 0.619. The summed E-state index contributed by atoms with van der Waals surface area (Å²) >= 11 is 0. The van der Waals surface area contributed by atoms with E-state index in [2.05, 4.69) is 17.2 Å². The van der Waals surface area contributed by atoms with E-state index in [0.29, 0.717) is 12.1 Å². The molecule has 3 N–H and O–H groups in total. The van der Waals surface area contributed by atoms with Crippen LogP contribution in [0.25, 0.3) is 0 Å². The molecular formula is C15H20FN3O. The molecule has 108 valence electrons. The van der Waals surface area contributed by atoms with Gasteiger partial charge in [0, 0.05) is 12.1 Å². The van der Waals surface area contributed by atoms with E-state index in [9.17, 15) is 9.18 Å². The molecular weight excluding hydrogens is 257 g/mol. The monoisotopic (exact) mass is 277 g/mol. The Balaban J connectivity index is 2.59. The Morgan fingerprint density at radius 3 is 2.80 bits per heavy atom. The Hall–Kier alpha value is -1.90. The van der Waals surface area contributed by atoms with E-state index in [4.69, 9.17) is 5.73 Å². The summed E-state index contributed by atoms with van der Waals surface area (Å²) in [6.45, 7) is 1.63. The lowest BCUT2D eigenvalue weighted by Crippen LogP contribution is -2.27. The van der Waals surface area contributed by atoms with Crippen molar-refractivity contribution in [3.05, 3.63) is 35.1 Å². The minimum Gasteiger partial charge on any atom is -0.352 e. The molecule has 0 aliphatic carbocycles. The molecule has 0 aliphatic rings. The predicted molar refractivity (Wildman–Crippen MR) is 77.8 cm³/mol. The molecule has 0 heterocycles. The number of hydrogen-bond acceptors (Lipinski definition) is 3. The van der Waals surface area contributed by atoms with Crippen LogP contribution in [-0.2, 0) is 0 Å². The van der Waals surface area contributed by atoms with Crippen molar-refractivity contribution in [3.63, 3.8) is 0 Å². The lowest BCUT2D eigenvalue weighted by molar-refractivity contribution is 0.0952. The van der Waals surface area contributed by atoms with Gasteiger partial charge < -0.3 is 16.0 Å². The number of nitrogens with one attached hydrogen (secondary N) is 1. The third-order valence-electron chi connectivity index (χ3n) is 2.62. The van der Waals surface area contributed by atoms with E-state index < -0.39 is 5.82 Å². The molecule has 0 fully saturated rings. The zero-order chi connectivity index (χ0) is 15.0. The molecule has 1 rings (SSSR count). The minimum atomic E-state index is -0.508. The summed E-state index contributed by atoms with van der Waals surface area (Å²) in [4.78, 5) is 13.9.